The molecule has 7 heterocycles. The van der Waals surface area contributed by atoms with Gasteiger partial charge in [0.15, 0.2) is 37.7 Å². The van der Waals surface area contributed by atoms with Crippen molar-refractivity contribution in [2.75, 3.05) is 52.9 Å². The largest absolute Gasteiger partial charge is 0.477 e. The predicted molar refractivity (Wildman–Crippen MR) is 437 cm³/mol. The summed E-state index contributed by atoms with van der Waals surface area (Å²) in [5.41, 5.74) is 0. The Hall–Kier alpha value is -3.07. The van der Waals surface area contributed by atoms with E-state index in [-0.39, 0.29) is 12.8 Å². The number of carboxylic acids is 1. The molecule has 127 heavy (non-hydrogen) atoms. The molecule has 0 bridgehead atoms. The molecule has 38 unspecified atom stereocenters. The molecule has 7 fully saturated rings. The van der Waals surface area contributed by atoms with Crippen LogP contribution in [-0.2, 0) is 80.7 Å². The lowest BCUT2D eigenvalue weighted by Crippen LogP contribution is -2.72. The van der Waals surface area contributed by atoms with Gasteiger partial charge in [0.05, 0.1) is 77.1 Å². The van der Waals surface area contributed by atoms with E-state index >= 15 is 0 Å². The number of hydrogen-bond donors (Lipinski definition) is 26. The van der Waals surface area contributed by atoms with Gasteiger partial charge in [-0.3, -0.25) is 9.59 Å². The van der Waals surface area contributed by atoms with Crippen LogP contribution in [0.1, 0.15) is 220 Å². The van der Waals surface area contributed by atoms with E-state index in [9.17, 15) is 137 Å². The predicted octanol–water partition coefficient (Wildman–Crippen LogP) is -5.07. The summed E-state index contributed by atoms with van der Waals surface area (Å²) in [7, 11) is 0. The van der Waals surface area contributed by atoms with E-state index in [2.05, 4.69) is 31.4 Å². The van der Waals surface area contributed by atoms with Gasteiger partial charge in [-0.15, -0.1) is 0 Å². The van der Waals surface area contributed by atoms with Gasteiger partial charge in [-0.05, 0) is 18.8 Å². The Morgan fingerprint density at radius 1 is 0.409 bits per heavy atom. The number of unbranched alkanes of at least 4 members (excludes halogenated alkanes) is 24. The zero-order chi connectivity index (χ0) is 93.4. The van der Waals surface area contributed by atoms with E-state index in [1.165, 1.54) is 77.0 Å². The van der Waals surface area contributed by atoms with Crippen LogP contribution in [0.15, 0.2) is 0 Å². The lowest BCUT2D eigenvalue weighted by Gasteiger charge is -2.52. The topological polar surface area (TPSA) is 690 Å². The first kappa shape index (κ1) is 111. The minimum absolute atomic E-state index is 0.0612. The first-order chi connectivity index (χ1) is 60.7. The maximum Gasteiger partial charge on any atom is 0.364 e. The fourth-order valence-electron chi connectivity index (χ4n) is 17.2. The standard InChI is InChI=1S/C84H152N2O41/c1-5-6-7-8-9-10-11-12-13-14-15-16-17-18-19-24-27-30-33-47(95)76(111)86-45(57(97)46(94)32-29-26-23-21-20-22-25-28-31-43(2)3)41-114-77-67(107)64(104)71(54(40-92)121-77)123-82-70(110)75(62(102)53(39-91)120-82)127-84(83(112)113)34-49(56(85-44(4)93)72(126-84)58(98)48(96)35-87)116-81-69(109)74(125-80-66(106)60(100)51(37-89)119-80)63(103)55(122-81)42-115-78-68(108)73(61(101)52(38-90)117-78)124-79-65(105)59(99)50(36-88)118-79/h43,45-75,77-82,87-92,94-110H,5-42H2,1-4H3,(H,85,93)(H,86,111)(H,112,113). The molecule has 43 nitrogen and oxygen atoms in total. The Labute approximate surface area is 740 Å². The van der Waals surface area contributed by atoms with Gasteiger partial charge < -0.3 is 200 Å². The quantitative estimate of drug-likeness (QED) is 0.0253. The second-order valence-corrected chi connectivity index (χ2v) is 35.4. The van der Waals surface area contributed by atoms with E-state index in [0.717, 1.165) is 90.4 Å². The van der Waals surface area contributed by atoms with Crippen LogP contribution in [0, 0.1) is 5.92 Å². The Morgan fingerprint density at radius 2 is 0.787 bits per heavy atom. The van der Waals surface area contributed by atoms with Crippen molar-refractivity contribution in [2.45, 2.75) is 453 Å². The smallest absolute Gasteiger partial charge is 0.364 e. The van der Waals surface area contributed by atoms with Gasteiger partial charge in [0, 0.05) is 13.3 Å². The van der Waals surface area contributed by atoms with Crippen molar-refractivity contribution < 1.29 is 203 Å². The number of hydrogen-bond acceptors (Lipinski definition) is 40. The highest BCUT2D eigenvalue weighted by Crippen LogP contribution is 2.43. The molecule has 0 radical (unpaired) electrons. The summed E-state index contributed by atoms with van der Waals surface area (Å²) in [6, 6.07) is -3.54. The van der Waals surface area contributed by atoms with Crippen LogP contribution in [-0.4, -0.2) is 426 Å². The van der Waals surface area contributed by atoms with Gasteiger partial charge >= 0.3 is 5.97 Å². The fraction of sp³-hybridized carbons (Fsp3) is 0.964. The summed E-state index contributed by atoms with van der Waals surface area (Å²) in [5, 5.41) is 273. The number of rotatable bonds is 60. The first-order valence-electron chi connectivity index (χ1n) is 45.8. The maximum absolute atomic E-state index is 14.2. The van der Waals surface area contributed by atoms with Crippen molar-refractivity contribution in [1.82, 2.24) is 10.6 Å². The molecule has 744 valence electrons. The van der Waals surface area contributed by atoms with Gasteiger partial charge in [-0.2, -0.15) is 0 Å². The number of ether oxygens (including phenoxy) is 14. The van der Waals surface area contributed by atoms with E-state index in [1.54, 1.807) is 0 Å². The molecule has 7 aliphatic rings. The Kier molecular flexibility index (Phi) is 49.3. The molecule has 7 saturated heterocycles. The summed E-state index contributed by atoms with van der Waals surface area (Å²) in [6.07, 6.45) is -44.0. The van der Waals surface area contributed by atoms with Crippen LogP contribution < -0.4 is 10.6 Å². The third-order valence-electron chi connectivity index (χ3n) is 24.9. The summed E-state index contributed by atoms with van der Waals surface area (Å²) < 4.78 is 81.9. The van der Waals surface area contributed by atoms with Crippen LogP contribution in [0.2, 0.25) is 0 Å². The summed E-state index contributed by atoms with van der Waals surface area (Å²) in [6.45, 7) is -0.767. The molecule has 0 aromatic carbocycles. The van der Waals surface area contributed by atoms with Crippen LogP contribution in [0.3, 0.4) is 0 Å². The average molecular weight is 1850 g/mol. The summed E-state index contributed by atoms with van der Waals surface area (Å²) in [5.74, 6) is -7.12. The molecular formula is C84H152N2O41. The van der Waals surface area contributed by atoms with E-state index in [1.807, 2.05) is 0 Å². The molecule has 0 spiro atoms. The second kappa shape index (κ2) is 56.5. The molecule has 0 saturated carbocycles. The number of amides is 2. The highest BCUT2D eigenvalue weighted by atomic mass is 16.8. The van der Waals surface area contributed by atoms with Gasteiger partial charge in [-0.1, -0.05) is 194 Å². The van der Waals surface area contributed by atoms with Crippen molar-refractivity contribution in [2.24, 2.45) is 5.92 Å². The Balaban J connectivity index is 1.07. The van der Waals surface area contributed by atoms with Crippen LogP contribution in [0.5, 0.6) is 0 Å². The third kappa shape index (κ3) is 32.0. The number of aliphatic hydroxyl groups excluding tert-OH is 23. The molecule has 26 N–H and O–H groups in total. The molecule has 0 aromatic heterocycles. The minimum atomic E-state index is -3.56. The molecule has 0 aliphatic carbocycles. The van der Waals surface area contributed by atoms with Crippen LogP contribution in [0.4, 0.5) is 0 Å². The van der Waals surface area contributed by atoms with Gasteiger partial charge in [0.2, 0.25) is 11.8 Å². The molecule has 7 aliphatic heterocycles. The maximum atomic E-state index is 14.2. The molecule has 38 atom stereocenters. The van der Waals surface area contributed by atoms with Gasteiger partial charge in [-0.25, -0.2) is 4.79 Å². The normalized spacial score (nSPS) is 37.6. The number of carboxylic acid groups (broad SMARTS) is 1. The highest BCUT2D eigenvalue weighted by Gasteiger charge is 2.63. The SMILES string of the molecule is CCCCCCCCCCCCCCCCCCCCC(O)C(=O)NC(COC1OC(CO)C(OC2OC(CO)C(O)C(OC3(C(=O)O)CC(OC4OC(COC5OC(CO)C(O)C(OC6OC(CO)C(O)C6O)C5O)C(O)C(OC5OC(CO)C(O)C5O)C4O)C(NC(C)=O)C(C(O)C(O)CO)O3)C2O)C(O)C1O)C(O)C(O)CCCCCCCCCCC(C)C. The third-order valence-corrected chi connectivity index (χ3v) is 24.9. The zero-order valence-corrected chi connectivity index (χ0v) is 73.5. The number of aliphatic hydroxyl groups is 23. The summed E-state index contributed by atoms with van der Waals surface area (Å²) >= 11 is 0. The Bertz CT molecular complexity index is 3030. The molecule has 7 rings (SSSR count). The van der Waals surface area contributed by atoms with Crippen molar-refractivity contribution in [3.05, 3.63) is 0 Å². The summed E-state index contributed by atoms with van der Waals surface area (Å²) in [4.78, 5) is 41.3. The van der Waals surface area contributed by atoms with Crippen LogP contribution >= 0.6 is 0 Å². The number of carbonyl (C=O) groups is 3. The van der Waals surface area contributed by atoms with E-state index in [4.69, 9.17) is 66.3 Å². The second-order valence-electron chi connectivity index (χ2n) is 35.4. The van der Waals surface area contributed by atoms with Gasteiger partial charge in [0.25, 0.3) is 5.79 Å². The molecular weight excluding hydrogens is 1690 g/mol. The van der Waals surface area contributed by atoms with Crippen molar-refractivity contribution in [3.63, 3.8) is 0 Å². The monoisotopic (exact) mass is 1840 g/mol. The highest BCUT2D eigenvalue weighted by molar-refractivity contribution is 5.80. The van der Waals surface area contributed by atoms with E-state index in [0.29, 0.717) is 18.8 Å². The average Bonchev–Trinajstić information content (AvgIpc) is 1.18. The van der Waals surface area contributed by atoms with Crippen molar-refractivity contribution >= 4 is 17.8 Å². The number of carbonyl (C=O) groups excluding carboxylic acids is 2. The van der Waals surface area contributed by atoms with E-state index < -0.39 is 310 Å². The van der Waals surface area contributed by atoms with Crippen molar-refractivity contribution in [1.29, 1.82) is 0 Å². The molecule has 0 aromatic rings. The number of aliphatic carboxylic acids is 1. The lowest BCUT2D eigenvalue weighted by atomic mass is 9.87. The molecule has 2 amide bonds. The van der Waals surface area contributed by atoms with Gasteiger partial charge in [0.1, 0.15) is 165 Å². The fourth-order valence-corrected chi connectivity index (χ4v) is 17.2. The van der Waals surface area contributed by atoms with Crippen molar-refractivity contribution in [3.8, 4) is 0 Å². The Morgan fingerprint density at radius 3 is 1.24 bits per heavy atom. The zero-order valence-electron chi connectivity index (χ0n) is 73.5. The number of nitrogens with one attached hydrogen (secondary N) is 2. The van der Waals surface area contributed by atoms with Crippen LogP contribution in [0.25, 0.3) is 0 Å². The lowest BCUT2D eigenvalue weighted by molar-refractivity contribution is -0.394. The first-order valence-corrected chi connectivity index (χ1v) is 45.8. The molecule has 43 heteroatoms. The minimum Gasteiger partial charge on any atom is -0.477 e.